The monoisotopic (exact) mass is 294 g/mol. The topological polar surface area (TPSA) is 86.2 Å². The minimum atomic E-state index is 0.0938. The van der Waals surface area contributed by atoms with Crippen LogP contribution in [0.4, 0.5) is 17.8 Å². The van der Waals surface area contributed by atoms with Gasteiger partial charge < -0.3 is 20.6 Å². The van der Waals surface area contributed by atoms with Crippen LogP contribution < -0.4 is 15.5 Å². The van der Waals surface area contributed by atoms with Gasteiger partial charge in [0.05, 0.1) is 0 Å². The number of hydrogen-bond donors (Lipinski definition) is 3. The Hall–Kier alpha value is -1.63. The molecule has 0 spiro atoms. The maximum absolute atomic E-state index is 9.23. The Bertz CT molecular complexity index is 449. The lowest BCUT2D eigenvalue weighted by Gasteiger charge is -2.27. The maximum atomic E-state index is 9.23. The van der Waals surface area contributed by atoms with Gasteiger partial charge in [-0.1, -0.05) is 6.92 Å². The van der Waals surface area contributed by atoms with Crippen molar-refractivity contribution in [2.24, 2.45) is 5.92 Å². The molecule has 0 radical (unpaired) electrons. The molecule has 21 heavy (non-hydrogen) atoms. The molecule has 2 unspecified atom stereocenters. The van der Waals surface area contributed by atoms with E-state index in [1.54, 1.807) is 7.05 Å². The number of aliphatic hydroxyl groups excluding tert-OH is 1. The zero-order chi connectivity index (χ0) is 15.2. The Labute approximate surface area is 126 Å². The van der Waals surface area contributed by atoms with Crippen molar-refractivity contribution in [3.05, 3.63) is 0 Å². The predicted octanol–water partition coefficient (Wildman–Crippen LogP) is 1.33. The maximum Gasteiger partial charge on any atom is 0.231 e. The highest BCUT2D eigenvalue weighted by atomic mass is 16.3. The average Bonchev–Trinajstić information content (AvgIpc) is 2.54. The molecule has 1 aliphatic rings. The fraction of sp³-hybridized carbons (Fsp3) is 0.786. The lowest BCUT2D eigenvalue weighted by atomic mass is 10.1. The van der Waals surface area contributed by atoms with Crippen LogP contribution in [0.2, 0.25) is 0 Å². The normalized spacial score (nSPS) is 18.2. The third kappa shape index (κ3) is 4.17. The number of aliphatic hydroxyl groups is 1. The summed E-state index contributed by atoms with van der Waals surface area (Å²) < 4.78 is 0. The van der Waals surface area contributed by atoms with Crippen LogP contribution in [0.25, 0.3) is 0 Å². The molecule has 0 amide bonds. The summed E-state index contributed by atoms with van der Waals surface area (Å²) in [4.78, 5) is 15.5. The Morgan fingerprint density at radius 1 is 1.10 bits per heavy atom. The van der Waals surface area contributed by atoms with Crippen molar-refractivity contribution in [1.29, 1.82) is 0 Å². The smallest absolute Gasteiger partial charge is 0.231 e. The molecular formula is C14H26N6O. The van der Waals surface area contributed by atoms with E-state index in [4.69, 9.17) is 0 Å². The molecule has 7 nitrogen and oxygen atoms in total. The highest BCUT2D eigenvalue weighted by Crippen LogP contribution is 2.19. The molecule has 0 bridgehead atoms. The fourth-order valence-electron chi connectivity index (χ4n) is 2.28. The largest absolute Gasteiger partial charge is 0.396 e. The molecule has 2 rings (SSSR count). The summed E-state index contributed by atoms with van der Waals surface area (Å²) in [6.07, 6.45) is 3.64. The van der Waals surface area contributed by atoms with Gasteiger partial charge in [0.25, 0.3) is 0 Å². The van der Waals surface area contributed by atoms with E-state index in [0.29, 0.717) is 11.9 Å². The lowest BCUT2D eigenvalue weighted by Crippen LogP contribution is -2.32. The first-order chi connectivity index (χ1) is 10.1. The minimum absolute atomic E-state index is 0.0938. The number of hydrogen-bond acceptors (Lipinski definition) is 7. The second-order valence-corrected chi connectivity index (χ2v) is 5.67. The van der Waals surface area contributed by atoms with Gasteiger partial charge in [0.2, 0.25) is 17.8 Å². The second kappa shape index (κ2) is 7.40. The van der Waals surface area contributed by atoms with E-state index in [2.05, 4.69) is 30.5 Å². The van der Waals surface area contributed by atoms with Crippen molar-refractivity contribution in [2.45, 2.75) is 39.2 Å². The van der Waals surface area contributed by atoms with E-state index in [1.807, 2.05) is 13.8 Å². The first kappa shape index (κ1) is 15.8. The average molecular weight is 294 g/mol. The van der Waals surface area contributed by atoms with E-state index in [1.165, 1.54) is 19.3 Å². The Balaban J connectivity index is 2.16. The molecule has 7 heteroatoms. The van der Waals surface area contributed by atoms with Gasteiger partial charge in [0, 0.05) is 32.8 Å². The van der Waals surface area contributed by atoms with Crippen LogP contribution in [-0.4, -0.2) is 52.8 Å². The number of nitrogens with zero attached hydrogens (tertiary/aromatic N) is 4. The fourth-order valence-corrected chi connectivity index (χ4v) is 2.28. The van der Waals surface area contributed by atoms with Gasteiger partial charge in [-0.3, -0.25) is 0 Å². The number of piperidine rings is 1. The summed E-state index contributed by atoms with van der Waals surface area (Å²) in [6, 6.07) is 0.0938. The predicted molar refractivity (Wildman–Crippen MR) is 84.8 cm³/mol. The van der Waals surface area contributed by atoms with Gasteiger partial charge in [-0.05, 0) is 32.1 Å². The Morgan fingerprint density at radius 3 is 2.38 bits per heavy atom. The van der Waals surface area contributed by atoms with Gasteiger partial charge >= 0.3 is 0 Å². The SMILES string of the molecule is CNc1nc(NC(C)C(C)CO)nc(N2CCCCC2)n1. The first-order valence-electron chi connectivity index (χ1n) is 7.70. The number of aromatic nitrogens is 3. The van der Waals surface area contributed by atoms with Gasteiger partial charge in [0.1, 0.15) is 0 Å². The summed E-state index contributed by atoms with van der Waals surface area (Å²) >= 11 is 0. The zero-order valence-corrected chi connectivity index (χ0v) is 13.1. The molecule has 1 aromatic rings. The molecule has 1 fully saturated rings. The van der Waals surface area contributed by atoms with E-state index in [0.717, 1.165) is 19.0 Å². The highest BCUT2D eigenvalue weighted by Gasteiger charge is 2.18. The molecule has 1 aliphatic heterocycles. The van der Waals surface area contributed by atoms with Gasteiger partial charge in [-0.25, -0.2) is 0 Å². The third-order valence-electron chi connectivity index (χ3n) is 3.98. The van der Waals surface area contributed by atoms with Crippen LogP contribution >= 0.6 is 0 Å². The van der Waals surface area contributed by atoms with Crippen LogP contribution in [0.1, 0.15) is 33.1 Å². The number of rotatable bonds is 6. The Morgan fingerprint density at radius 2 is 1.76 bits per heavy atom. The van der Waals surface area contributed by atoms with E-state index >= 15 is 0 Å². The van der Waals surface area contributed by atoms with Crippen molar-refractivity contribution in [3.63, 3.8) is 0 Å². The van der Waals surface area contributed by atoms with E-state index in [9.17, 15) is 5.11 Å². The van der Waals surface area contributed by atoms with Crippen LogP contribution in [0.3, 0.4) is 0 Å². The molecular weight excluding hydrogens is 268 g/mol. The molecule has 0 aromatic carbocycles. The quantitative estimate of drug-likeness (QED) is 0.729. The van der Waals surface area contributed by atoms with E-state index in [-0.39, 0.29) is 18.6 Å². The summed E-state index contributed by atoms with van der Waals surface area (Å²) in [6.45, 7) is 6.13. The van der Waals surface area contributed by atoms with Crippen LogP contribution in [-0.2, 0) is 0 Å². The molecule has 1 saturated heterocycles. The molecule has 2 atom stereocenters. The van der Waals surface area contributed by atoms with Crippen molar-refractivity contribution in [1.82, 2.24) is 15.0 Å². The summed E-state index contributed by atoms with van der Waals surface area (Å²) in [7, 11) is 1.80. The number of nitrogens with one attached hydrogen (secondary N) is 2. The molecule has 118 valence electrons. The molecule has 2 heterocycles. The number of anilines is 3. The van der Waals surface area contributed by atoms with Crippen molar-refractivity contribution < 1.29 is 5.11 Å². The van der Waals surface area contributed by atoms with Crippen molar-refractivity contribution >= 4 is 17.8 Å². The van der Waals surface area contributed by atoms with Crippen molar-refractivity contribution in [3.8, 4) is 0 Å². The molecule has 0 saturated carbocycles. The molecule has 1 aromatic heterocycles. The lowest BCUT2D eigenvalue weighted by molar-refractivity contribution is 0.226. The highest BCUT2D eigenvalue weighted by molar-refractivity contribution is 5.44. The zero-order valence-electron chi connectivity index (χ0n) is 13.1. The van der Waals surface area contributed by atoms with Crippen molar-refractivity contribution in [2.75, 3.05) is 42.3 Å². The van der Waals surface area contributed by atoms with E-state index < -0.39 is 0 Å². The second-order valence-electron chi connectivity index (χ2n) is 5.67. The van der Waals surface area contributed by atoms with Crippen LogP contribution in [0.5, 0.6) is 0 Å². The van der Waals surface area contributed by atoms with Crippen LogP contribution in [0, 0.1) is 5.92 Å². The van der Waals surface area contributed by atoms with Gasteiger partial charge in [-0.2, -0.15) is 15.0 Å². The van der Waals surface area contributed by atoms with Gasteiger partial charge in [-0.15, -0.1) is 0 Å². The minimum Gasteiger partial charge on any atom is -0.396 e. The first-order valence-corrected chi connectivity index (χ1v) is 7.70. The summed E-state index contributed by atoms with van der Waals surface area (Å²) in [5.41, 5.74) is 0. The van der Waals surface area contributed by atoms with Crippen LogP contribution in [0.15, 0.2) is 0 Å². The standard InChI is InChI=1S/C14H26N6O/c1-10(9-21)11(2)16-13-17-12(15-3)18-14(19-13)20-7-5-4-6-8-20/h10-11,21H,4-9H2,1-3H3,(H2,15,16,17,18,19). The Kier molecular flexibility index (Phi) is 5.55. The molecule has 3 N–H and O–H groups in total. The summed E-state index contributed by atoms with van der Waals surface area (Å²) in [5, 5.41) is 15.5. The summed E-state index contributed by atoms with van der Waals surface area (Å²) in [5.74, 6) is 1.98. The third-order valence-corrected chi connectivity index (χ3v) is 3.98. The van der Waals surface area contributed by atoms with Gasteiger partial charge in [0.15, 0.2) is 0 Å². The molecule has 0 aliphatic carbocycles.